The number of carbonyl (C=O) groups is 1. The lowest BCUT2D eigenvalue weighted by molar-refractivity contribution is -0.384. The van der Waals surface area contributed by atoms with Gasteiger partial charge in [0, 0.05) is 37.0 Å². The molecule has 21 heavy (non-hydrogen) atoms. The molecule has 2 aromatic carbocycles. The van der Waals surface area contributed by atoms with Crippen molar-refractivity contribution in [3.05, 3.63) is 69.5 Å². The number of hydrogen-bond donors (Lipinski definition) is 0. The highest BCUT2D eigenvalue weighted by Gasteiger charge is 2.13. The van der Waals surface area contributed by atoms with Gasteiger partial charge in [-0.2, -0.15) is 0 Å². The first-order valence-corrected chi connectivity index (χ1v) is 6.20. The number of aldehydes is 1. The zero-order valence-electron chi connectivity index (χ0n) is 11.3. The number of benzene rings is 2. The second kappa shape index (κ2) is 6.13. The van der Waals surface area contributed by atoms with Gasteiger partial charge in [-0.15, -0.1) is 0 Å². The third-order valence-electron chi connectivity index (χ3n) is 3.07. The van der Waals surface area contributed by atoms with Crippen LogP contribution in [0, 0.1) is 15.9 Å². The van der Waals surface area contributed by atoms with Crippen molar-refractivity contribution in [2.24, 2.45) is 0 Å². The van der Waals surface area contributed by atoms with Crippen LogP contribution in [0.5, 0.6) is 0 Å². The molecule has 5 nitrogen and oxygen atoms in total. The minimum Gasteiger partial charge on any atom is -0.370 e. The fourth-order valence-electron chi connectivity index (χ4n) is 2.09. The van der Waals surface area contributed by atoms with Crippen LogP contribution in [0.4, 0.5) is 15.8 Å². The lowest BCUT2D eigenvalue weighted by Crippen LogP contribution is -2.18. The molecule has 0 saturated carbocycles. The molecule has 0 unspecified atom stereocenters. The molecule has 0 fully saturated rings. The summed E-state index contributed by atoms with van der Waals surface area (Å²) in [6, 6.07) is 10.2. The first kappa shape index (κ1) is 14.6. The van der Waals surface area contributed by atoms with Crippen molar-refractivity contribution < 1.29 is 14.1 Å². The van der Waals surface area contributed by atoms with E-state index in [-0.39, 0.29) is 17.1 Å². The number of carbonyl (C=O) groups excluding carboxylic acids is 1. The number of rotatable bonds is 5. The predicted molar refractivity (Wildman–Crippen MR) is 77.0 cm³/mol. The summed E-state index contributed by atoms with van der Waals surface area (Å²) in [6.07, 6.45) is 0.574. The third-order valence-corrected chi connectivity index (χ3v) is 3.07. The minimum atomic E-state index is -0.552. The summed E-state index contributed by atoms with van der Waals surface area (Å²) >= 11 is 0. The van der Waals surface area contributed by atoms with Gasteiger partial charge in [-0.3, -0.25) is 14.9 Å². The Balaban J connectivity index is 2.28. The molecule has 0 heterocycles. The van der Waals surface area contributed by atoms with Crippen molar-refractivity contribution in [1.82, 2.24) is 0 Å². The van der Waals surface area contributed by atoms with Gasteiger partial charge in [-0.1, -0.05) is 12.1 Å². The number of halogens is 1. The van der Waals surface area contributed by atoms with Crippen LogP contribution in [0.25, 0.3) is 0 Å². The second-order valence-electron chi connectivity index (χ2n) is 4.60. The zero-order chi connectivity index (χ0) is 15.4. The van der Waals surface area contributed by atoms with Gasteiger partial charge in [0.25, 0.3) is 5.69 Å². The van der Waals surface area contributed by atoms with Crippen LogP contribution in [0.1, 0.15) is 15.9 Å². The van der Waals surface area contributed by atoms with Crippen LogP contribution in [0.2, 0.25) is 0 Å². The molecule has 6 heteroatoms. The topological polar surface area (TPSA) is 63.4 Å². The van der Waals surface area contributed by atoms with E-state index in [1.54, 1.807) is 24.1 Å². The van der Waals surface area contributed by atoms with E-state index in [9.17, 15) is 19.3 Å². The van der Waals surface area contributed by atoms with Crippen molar-refractivity contribution in [3.8, 4) is 0 Å². The molecule has 0 atom stereocenters. The summed E-state index contributed by atoms with van der Waals surface area (Å²) in [4.78, 5) is 23.0. The highest BCUT2D eigenvalue weighted by atomic mass is 19.1. The van der Waals surface area contributed by atoms with Crippen molar-refractivity contribution in [3.63, 3.8) is 0 Å². The number of non-ortho nitro benzene ring substituents is 1. The Morgan fingerprint density at radius 2 is 2.05 bits per heavy atom. The van der Waals surface area contributed by atoms with Crippen LogP contribution in [0.3, 0.4) is 0 Å². The van der Waals surface area contributed by atoms with Crippen molar-refractivity contribution in [2.45, 2.75) is 6.54 Å². The number of nitro benzene ring substituents is 1. The highest BCUT2D eigenvalue weighted by Crippen LogP contribution is 2.24. The standard InChI is InChI=1S/C15H13FN2O3/c1-17(9-11-3-2-4-13(16)7-11)15-6-5-14(18(20)21)8-12(15)10-19/h2-8,10H,9H2,1H3. The molecule has 0 aromatic heterocycles. The van der Waals surface area contributed by atoms with Crippen LogP contribution < -0.4 is 4.90 Å². The SMILES string of the molecule is CN(Cc1cccc(F)c1)c1ccc([N+](=O)[O-])cc1C=O. The van der Waals surface area contributed by atoms with Gasteiger partial charge in [0.15, 0.2) is 6.29 Å². The first-order valence-electron chi connectivity index (χ1n) is 6.20. The fourth-order valence-corrected chi connectivity index (χ4v) is 2.09. The van der Waals surface area contributed by atoms with Crippen molar-refractivity contribution >= 4 is 17.7 Å². The van der Waals surface area contributed by atoms with E-state index in [4.69, 9.17) is 0 Å². The summed E-state index contributed by atoms with van der Waals surface area (Å²) in [5.41, 5.74) is 1.38. The molecule has 0 aliphatic rings. The van der Waals surface area contributed by atoms with Crippen LogP contribution in [-0.4, -0.2) is 18.3 Å². The van der Waals surface area contributed by atoms with E-state index in [0.717, 1.165) is 5.56 Å². The average molecular weight is 288 g/mol. The largest absolute Gasteiger partial charge is 0.370 e. The number of nitrogens with zero attached hydrogens (tertiary/aromatic N) is 2. The molecule has 0 aliphatic heterocycles. The van der Waals surface area contributed by atoms with Gasteiger partial charge in [-0.25, -0.2) is 4.39 Å². The third kappa shape index (κ3) is 3.42. The van der Waals surface area contributed by atoms with Crippen LogP contribution in [-0.2, 0) is 6.54 Å². The van der Waals surface area contributed by atoms with Gasteiger partial charge in [0.1, 0.15) is 5.82 Å². The maximum Gasteiger partial charge on any atom is 0.270 e. The van der Waals surface area contributed by atoms with Gasteiger partial charge in [0.05, 0.1) is 4.92 Å². The Morgan fingerprint density at radius 1 is 1.29 bits per heavy atom. The summed E-state index contributed by atoms with van der Waals surface area (Å²) in [5, 5.41) is 10.7. The Kier molecular flexibility index (Phi) is 4.27. The molecule has 0 bridgehead atoms. The summed E-state index contributed by atoms with van der Waals surface area (Å²) in [6.45, 7) is 0.385. The highest BCUT2D eigenvalue weighted by molar-refractivity contribution is 5.85. The van der Waals surface area contributed by atoms with Crippen molar-refractivity contribution in [1.29, 1.82) is 0 Å². The quantitative estimate of drug-likeness (QED) is 0.481. The summed E-state index contributed by atoms with van der Waals surface area (Å²) in [7, 11) is 1.74. The van der Waals surface area contributed by atoms with Gasteiger partial charge >= 0.3 is 0 Å². The van der Waals surface area contributed by atoms with E-state index in [1.807, 2.05) is 0 Å². The van der Waals surface area contributed by atoms with E-state index in [1.165, 1.54) is 30.3 Å². The van der Waals surface area contributed by atoms with Gasteiger partial charge < -0.3 is 4.90 Å². The molecule has 0 N–H and O–H groups in total. The van der Waals surface area contributed by atoms with E-state index in [2.05, 4.69) is 0 Å². The molecule has 0 saturated heterocycles. The predicted octanol–water partition coefficient (Wildman–Crippen LogP) is 3.18. The molecule has 0 amide bonds. The monoisotopic (exact) mass is 288 g/mol. The van der Waals surface area contributed by atoms with Gasteiger partial charge in [-0.05, 0) is 23.8 Å². The molecule has 2 rings (SSSR count). The molecular weight excluding hydrogens is 275 g/mol. The maximum absolute atomic E-state index is 13.2. The van der Waals surface area contributed by atoms with Crippen LogP contribution in [0.15, 0.2) is 42.5 Å². The van der Waals surface area contributed by atoms with E-state index < -0.39 is 4.92 Å². The molecule has 0 radical (unpaired) electrons. The Bertz CT molecular complexity index is 688. The Morgan fingerprint density at radius 3 is 2.67 bits per heavy atom. The smallest absolute Gasteiger partial charge is 0.270 e. The molecule has 108 valence electrons. The summed E-state index contributed by atoms with van der Waals surface area (Å²) < 4.78 is 13.2. The summed E-state index contributed by atoms with van der Waals surface area (Å²) in [5.74, 6) is -0.333. The fraction of sp³-hybridized carbons (Fsp3) is 0.133. The number of nitro groups is 1. The first-order chi connectivity index (χ1) is 10.0. The normalized spacial score (nSPS) is 10.2. The molecule has 0 spiro atoms. The molecular formula is C15H13FN2O3. The molecule has 2 aromatic rings. The van der Waals surface area contributed by atoms with Crippen LogP contribution >= 0.6 is 0 Å². The van der Waals surface area contributed by atoms with E-state index in [0.29, 0.717) is 18.5 Å². The van der Waals surface area contributed by atoms with E-state index >= 15 is 0 Å². The number of hydrogen-bond acceptors (Lipinski definition) is 4. The second-order valence-corrected chi connectivity index (χ2v) is 4.60. The minimum absolute atomic E-state index is 0.139. The Hall–Kier alpha value is -2.76. The lowest BCUT2D eigenvalue weighted by Gasteiger charge is -2.21. The van der Waals surface area contributed by atoms with Crippen molar-refractivity contribution in [2.75, 3.05) is 11.9 Å². The molecule has 0 aliphatic carbocycles. The lowest BCUT2D eigenvalue weighted by atomic mass is 10.1. The average Bonchev–Trinajstić information content (AvgIpc) is 2.46. The Labute approximate surface area is 120 Å². The van der Waals surface area contributed by atoms with Gasteiger partial charge in [0.2, 0.25) is 0 Å². The maximum atomic E-state index is 13.2. The number of anilines is 1. The zero-order valence-corrected chi connectivity index (χ0v) is 11.3.